The summed E-state index contributed by atoms with van der Waals surface area (Å²) < 4.78 is 4.21. The van der Waals surface area contributed by atoms with E-state index in [1.807, 2.05) is 66.5 Å². The van der Waals surface area contributed by atoms with Crippen LogP contribution in [0.25, 0.3) is 33.0 Å². The number of nitrogens with one attached hydrogen (secondary N) is 2. The summed E-state index contributed by atoms with van der Waals surface area (Å²) in [6, 6.07) is 16.8. The average Bonchev–Trinajstić information content (AvgIpc) is 3.41. The molecule has 33 heavy (non-hydrogen) atoms. The van der Waals surface area contributed by atoms with E-state index in [1.165, 1.54) is 12.8 Å². The van der Waals surface area contributed by atoms with Crippen LogP contribution in [-0.2, 0) is 23.2 Å². The Morgan fingerprint density at radius 2 is 1.48 bits per heavy atom. The van der Waals surface area contributed by atoms with Gasteiger partial charge in [0.1, 0.15) is 0 Å². The van der Waals surface area contributed by atoms with E-state index >= 15 is 0 Å². The molecule has 1 aliphatic heterocycles. The first-order chi connectivity index (χ1) is 16.1. The zero-order valence-electron chi connectivity index (χ0n) is 18.6. The maximum atomic E-state index is 13.1. The topological polar surface area (TPSA) is 68.1 Å². The minimum atomic E-state index is -0.336. The molecule has 2 N–H and O–H groups in total. The Morgan fingerprint density at radius 1 is 0.879 bits per heavy atom. The summed E-state index contributed by atoms with van der Waals surface area (Å²) in [7, 11) is 1.96. The first kappa shape index (κ1) is 20.0. The molecule has 0 spiro atoms. The highest BCUT2D eigenvalue weighted by Crippen LogP contribution is 2.38. The van der Waals surface area contributed by atoms with Crippen molar-refractivity contribution in [2.24, 2.45) is 7.05 Å². The minimum Gasteiger partial charge on any atom is -0.350 e. The van der Waals surface area contributed by atoms with E-state index in [1.54, 1.807) is 0 Å². The van der Waals surface area contributed by atoms with Gasteiger partial charge in [0.15, 0.2) is 0 Å². The van der Waals surface area contributed by atoms with E-state index in [0.717, 1.165) is 52.4 Å². The highest BCUT2D eigenvalue weighted by atomic mass is 16.2. The lowest BCUT2D eigenvalue weighted by molar-refractivity contribution is -0.122. The van der Waals surface area contributed by atoms with Gasteiger partial charge in [0.25, 0.3) is 11.8 Å². The zero-order chi connectivity index (χ0) is 22.5. The Kier molecular flexibility index (Phi) is 4.69. The molecule has 6 rings (SSSR count). The number of hydrogen-bond donors (Lipinski definition) is 2. The number of nitrogens with zero attached hydrogens (tertiary/aromatic N) is 2. The van der Waals surface area contributed by atoms with Gasteiger partial charge in [0, 0.05) is 65.0 Å². The van der Waals surface area contributed by atoms with Crippen LogP contribution in [0.5, 0.6) is 0 Å². The third-order valence-corrected chi connectivity index (χ3v) is 6.74. The van der Waals surface area contributed by atoms with Crippen molar-refractivity contribution < 1.29 is 9.59 Å². The van der Waals surface area contributed by atoms with Gasteiger partial charge in [-0.3, -0.25) is 14.9 Å². The first-order valence-electron chi connectivity index (χ1n) is 11.6. The van der Waals surface area contributed by atoms with Crippen molar-refractivity contribution in [2.75, 3.05) is 6.54 Å². The molecule has 0 atom stereocenters. The van der Waals surface area contributed by atoms with Gasteiger partial charge >= 0.3 is 0 Å². The minimum absolute atomic E-state index is 0.332. The maximum absolute atomic E-state index is 13.1. The summed E-state index contributed by atoms with van der Waals surface area (Å²) in [4.78, 5) is 26.1. The maximum Gasteiger partial charge on any atom is 0.259 e. The molecule has 3 heterocycles. The molecule has 0 unspecified atom stereocenters. The lowest BCUT2D eigenvalue weighted by Crippen LogP contribution is -2.22. The van der Waals surface area contributed by atoms with E-state index in [2.05, 4.69) is 21.3 Å². The number of aromatic nitrogens is 2. The van der Waals surface area contributed by atoms with Gasteiger partial charge in [-0.15, -0.1) is 0 Å². The van der Waals surface area contributed by atoms with Crippen molar-refractivity contribution in [1.29, 1.82) is 0 Å². The van der Waals surface area contributed by atoms with Gasteiger partial charge in [0.05, 0.1) is 11.1 Å². The standard InChI is InChI=1S/C27H26N4O2/c1-30-15-20(18-7-2-4-9-22(18)30)24-25(27(33)29-26(24)32)21-16-31(14-6-13-28-17-11-12-17)23-10-5-3-8-19(21)23/h2-5,7-10,15-17,28H,6,11-14H2,1H3,(H,29,32,33). The SMILES string of the molecule is Cn1cc(C2=C(c3cn(CCCNC4CC4)c4ccccc34)C(=O)NC2=O)c2ccccc21. The van der Waals surface area contributed by atoms with E-state index < -0.39 is 0 Å². The monoisotopic (exact) mass is 438 g/mol. The molecule has 166 valence electrons. The zero-order valence-corrected chi connectivity index (χ0v) is 18.6. The summed E-state index contributed by atoms with van der Waals surface area (Å²) >= 11 is 0. The molecule has 2 aromatic carbocycles. The summed E-state index contributed by atoms with van der Waals surface area (Å²) in [5.41, 5.74) is 4.62. The molecular weight excluding hydrogens is 412 g/mol. The van der Waals surface area contributed by atoms with Crippen LogP contribution in [0.1, 0.15) is 30.4 Å². The third kappa shape index (κ3) is 3.38. The number of benzene rings is 2. The molecule has 4 aromatic rings. The highest BCUT2D eigenvalue weighted by Gasteiger charge is 2.35. The largest absolute Gasteiger partial charge is 0.350 e. The molecular formula is C27H26N4O2. The molecule has 0 bridgehead atoms. The van der Waals surface area contributed by atoms with Crippen molar-refractivity contribution in [2.45, 2.75) is 31.8 Å². The predicted molar refractivity (Wildman–Crippen MR) is 130 cm³/mol. The smallest absolute Gasteiger partial charge is 0.259 e. The summed E-state index contributed by atoms with van der Waals surface area (Å²) in [6.45, 7) is 1.84. The number of amides is 2. The van der Waals surface area contributed by atoms with Crippen LogP contribution in [0.4, 0.5) is 0 Å². The first-order valence-corrected chi connectivity index (χ1v) is 11.6. The van der Waals surface area contributed by atoms with Gasteiger partial charge < -0.3 is 14.5 Å². The Labute approximate surface area is 191 Å². The van der Waals surface area contributed by atoms with Crippen LogP contribution in [0.2, 0.25) is 0 Å². The van der Waals surface area contributed by atoms with E-state index in [-0.39, 0.29) is 11.8 Å². The fraction of sp³-hybridized carbons (Fsp3) is 0.259. The molecule has 2 amide bonds. The lowest BCUT2D eigenvalue weighted by Gasteiger charge is -2.06. The Balaban J connectivity index is 1.48. The number of para-hydroxylation sites is 2. The number of fused-ring (bicyclic) bond motifs is 2. The molecule has 2 aliphatic rings. The second-order valence-electron chi connectivity index (χ2n) is 9.04. The quantitative estimate of drug-likeness (QED) is 0.340. The number of carbonyl (C=O) groups excluding carboxylic acids is 2. The van der Waals surface area contributed by atoms with Crippen LogP contribution >= 0.6 is 0 Å². The van der Waals surface area contributed by atoms with Crippen molar-refractivity contribution in [3.63, 3.8) is 0 Å². The molecule has 1 aliphatic carbocycles. The molecule has 0 radical (unpaired) electrons. The Hall–Kier alpha value is -3.64. The van der Waals surface area contributed by atoms with Gasteiger partial charge in [-0.05, 0) is 37.9 Å². The Bertz CT molecular complexity index is 1450. The molecule has 6 nitrogen and oxygen atoms in total. The summed E-state index contributed by atoms with van der Waals surface area (Å²) in [5, 5.41) is 8.07. The number of imide groups is 1. The fourth-order valence-corrected chi connectivity index (χ4v) is 4.98. The second-order valence-corrected chi connectivity index (χ2v) is 9.04. The number of aryl methyl sites for hydroxylation is 2. The van der Waals surface area contributed by atoms with Crippen molar-refractivity contribution in [3.05, 3.63) is 72.1 Å². The predicted octanol–water partition coefficient (Wildman–Crippen LogP) is 3.84. The lowest BCUT2D eigenvalue weighted by atomic mass is 9.95. The van der Waals surface area contributed by atoms with Crippen LogP contribution in [-0.4, -0.2) is 33.5 Å². The van der Waals surface area contributed by atoms with Crippen LogP contribution in [0, 0.1) is 0 Å². The Morgan fingerprint density at radius 3 is 2.18 bits per heavy atom. The van der Waals surface area contributed by atoms with E-state index in [0.29, 0.717) is 17.2 Å². The van der Waals surface area contributed by atoms with Gasteiger partial charge in [-0.25, -0.2) is 0 Å². The normalized spacial score (nSPS) is 16.4. The van der Waals surface area contributed by atoms with E-state index in [9.17, 15) is 9.59 Å². The van der Waals surface area contributed by atoms with Gasteiger partial charge in [-0.2, -0.15) is 0 Å². The molecule has 0 saturated heterocycles. The van der Waals surface area contributed by atoms with Crippen molar-refractivity contribution in [1.82, 2.24) is 19.8 Å². The van der Waals surface area contributed by atoms with Crippen LogP contribution in [0.3, 0.4) is 0 Å². The van der Waals surface area contributed by atoms with Gasteiger partial charge in [-0.1, -0.05) is 36.4 Å². The number of hydrogen-bond acceptors (Lipinski definition) is 3. The third-order valence-electron chi connectivity index (χ3n) is 6.74. The average molecular weight is 439 g/mol. The van der Waals surface area contributed by atoms with Crippen LogP contribution in [0.15, 0.2) is 60.9 Å². The molecule has 2 aromatic heterocycles. The molecule has 6 heteroatoms. The summed E-state index contributed by atoms with van der Waals surface area (Å²) in [6.07, 6.45) is 7.56. The van der Waals surface area contributed by atoms with Crippen molar-refractivity contribution in [3.8, 4) is 0 Å². The van der Waals surface area contributed by atoms with Gasteiger partial charge in [0.2, 0.25) is 0 Å². The second kappa shape index (κ2) is 7.74. The van der Waals surface area contributed by atoms with Crippen molar-refractivity contribution >= 4 is 44.8 Å². The highest BCUT2D eigenvalue weighted by molar-refractivity contribution is 6.50. The summed E-state index contributed by atoms with van der Waals surface area (Å²) in [5.74, 6) is -0.668. The van der Waals surface area contributed by atoms with E-state index in [4.69, 9.17) is 0 Å². The number of rotatable bonds is 7. The fourth-order valence-electron chi connectivity index (χ4n) is 4.98. The van der Waals surface area contributed by atoms with Crippen LogP contribution < -0.4 is 10.6 Å². The molecule has 1 fully saturated rings. The molecule has 1 saturated carbocycles. The number of carbonyl (C=O) groups is 2.